The van der Waals surface area contributed by atoms with E-state index in [1.165, 1.54) is 17.7 Å². The fraction of sp³-hybridized carbons (Fsp3) is 0.643. The van der Waals surface area contributed by atoms with Crippen LogP contribution in [0.5, 0.6) is 0 Å². The summed E-state index contributed by atoms with van der Waals surface area (Å²) in [5, 5.41) is 3.14. The number of aromatic nitrogens is 2. The molecule has 1 N–H and O–H groups in total. The number of carbonyl (C=O) groups is 1. The van der Waals surface area contributed by atoms with Crippen molar-refractivity contribution >= 4 is 5.97 Å². The minimum Gasteiger partial charge on any atom is -0.466 e. The topological polar surface area (TPSA) is 82.3 Å². The molecule has 1 rings (SSSR count). The van der Waals surface area contributed by atoms with Gasteiger partial charge in [-0.2, -0.15) is 0 Å². The van der Waals surface area contributed by atoms with Gasteiger partial charge in [-0.25, -0.2) is 4.79 Å². The molecule has 0 spiro atoms. The molecule has 0 bridgehead atoms. The summed E-state index contributed by atoms with van der Waals surface area (Å²) in [5.74, 6) is -0.580. The SMILES string of the molecule is CCOC(=O)C(C)C(C)NCc1cc(=O)n(C)c(=O)n1C. The molecule has 1 aromatic heterocycles. The van der Waals surface area contributed by atoms with E-state index in [1.54, 1.807) is 20.9 Å². The highest BCUT2D eigenvalue weighted by molar-refractivity contribution is 5.72. The smallest absolute Gasteiger partial charge is 0.330 e. The molecule has 7 nitrogen and oxygen atoms in total. The van der Waals surface area contributed by atoms with E-state index < -0.39 is 0 Å². The predicted molar refractivity (Wildman–Crippen MR) is 79.0 cm³/mol. The summed E-state index contributed by atoms with van der Waals surface area (Å²) in [6, 6.07) is 1.28. The van der Waals surface area contributed by atoms with E-state index in [9.17, 15) is 14.4 Å². The van der Waals surface area contributed by atoms with Crippen LogP contribution < -0.4 is 16.6 Å². The van der Waals surface area contributed by atoms with Crippen LogP contribution in [-0.4, -0.2) is 27.8 Å². The first kappa shape index (κ1) is 17.2. The molecular weight excluding hydrogens is 274 g/mol. The van der Waals surface area contributed by atoms with E-state index in [2.05, 4.69) is 5.32 Å². The third-order valence-corrected chi connectivity index (χ3v) is 3.64. The molecule has 0 saturated heterocycles. The molecule has 0 aromatic carbocycles. The third-order valence-electron chi connectivity index (χ3n) is 3.64. The molecule has 0 aliphatic heterocycles. The Morgan fingerprint density at radius 3 is 2.48 bits per heavy atom. The summed E-state index contributed by atoms with van der Waals surface area (Å²) >= 11 is 0. The Bertz CT molecular complexity index is 618. The standard InChI is InChI=1S/C14H23N3O4/c1-6-21-13(19)9(2)10(3)15-8-11-7-12(18)17(5)14(20)16(11)4/h7,9-10,15H,6,8H2,1-5H3. The van der Waals surface area contributed by atoms with Gasteiger partial charge in [0.05, 0.1) is 12.5 Å². The first-order valence-corrected chi connectivity index (χ1v) is 6.95. The van der Waals surface area contributed by atoms with Crippen LogP contribution >= 0.6 is 0 Å². The molecule has 0 aliphatic carbocycles. The van der Waals surface area contributed by atoms with Crippen LogP contribution in [0.25, 0.3) is 0 Å². The zero-order chi connectivity index (χ0) is 16.2. The zero-order valence-electron chi connectivity index (χ0n) is 13.2. The second-order valence-electron chi connectivity index (χ2n) is 5.08. The summed E-state index contributed by atoms with van der Waals surface area (Å²) < 4.78 is 7.43. The van der Waals surface area contributed by atoms with E-state index in [0.29, 0.717) is 18.8 Å². The molecule has 1 heterocycles. The molecule has 0 saturated carbocycles. The van der Waals surface area contributed by atoms with Gasteiger partial charge >= 0.3 is 11.7 Å². The number of rotatable bonds is 6. The summed E-state index contributed by atoms with van der Waals surface area (Å²) in [4.78, 5) is 35.1. The Kier molecular flexibility index (Phi) is 5.90. The summed E-state index contributed by atoms with van der Waals surface area (Å²) in [6.07, 6.45) is 0. The van der Waals surface area contributed by atoms with Gasteiger partial charge in [-0.1, -0.05) is 6.92 Å². The Morgan fingerprint density at radius 2 is 1.90 bits per heavy atom. The molecule has 0 aliphatic rings. The number of nitrogens with zero attached hydrogens (tertiary/aromatic N) is 2. The number of nitrogens with one attached hydrogen (secondary N) is 1. The molecule has 0 fully saturated rings. The van der Waals surface area contributed by atoms with E-state index in [0.717, 1.165) is 4.57 Å². The van der Waals surface area contributed by atoms with E-state index in [-0.39, 0.29) is 29.2 Å². The molecule has 7 heteroatoms. The van der Waals surface area contributed by atoms with Crippen molar-refractivity contribution < 1.29 is 9.53 Å². The third kappa shape index (κ3) is 4.04. The second-order valence-corrected chi connectivity index (χ2v) is 5.08. The molecule has 0 radical (unpaired) electrons. The maximum Gasteiger partial charge on any atom is 0.330 e. The van der Waals surface area contributed by atoms with Gasteiger partial charge in [0.1, 0.15) is 0 Å². The van der Waals surface area contributed by atoms with Gasteiger partial charge in [0, 0.05) is 38.4 Å². The van der Waals surface area contributed by atoms with Gasteiger partial charge in [0.2, 0.25) is 0 Å². The minimum absolute atomic E-state index is 0.136. The number of carbonyl (C=O) groups excluding carboxylic acids is 1. The van der Waals surface area contributed by atoms with Crippen molar-refractivity contribution in [3.63, 3.8) is 0 Å². The first-order chi connectivity index (χ1) is 9.79. The number of hydrogen-bond donors (Lipinski definition) is 1. The Morgan fingerprint density at radius 1 is 1.29 bits per heavy atom. The van der Waals surface area contributed by atoms with Crippen LogP contribution in [-0.2, 0) is 30.2 Å². The summed E-state index contributed by atoms with van der Waals surface area (Å²) in [5.41, 5.74) is -0.141. The lowest BCUT2D eigenvalue weighted by Gasteiger charge is -2.20. The first-order valence-electron chi connectivity index (χ1n) is 6.95. The van der Waals surface area contributed by atoms with Gasteiger partial charge in [-0.15, -0.1) is 0 Å². The van der Waals surface area contributed by atoms with Gasteiger partial charge in [-0.3, -0.25) is 18.7 Å². The molecule has 21 heavy (non-hydrogen) atoms. The largest absolute Gasteiger partial charge is 0.466 e. The average molecular weight is 297 g/mol. The summed E-state index contributed by atoms with van der Waals surface area (Å²) in [6.45, 7) is 6.07. The molecular formula is C14H23N3O4. The highest BCUT2D eigenvalue weighted by atomic mass is 16.5. The maximum absolute atomic E-state index is 11.8. The molecule has 1 aromatic rings. The van der Waals surface area contributed by atoms with Crippen molar-refractivity contribution in [3.8, 4) is 0 Å². The molecule has 0 amide bonds. The lowest BCUT2D eigenvalue weighted by molar-refractivity contribution is -0.148. The summed E-state index contributed by atoms with van der Waals surface area (Å²) in [7, 11) is 3.05. The van der Waals surface area contributed by atoms with Crippen molar-refractivity contribution in [3.05, 3.63) is 32.6 Å². The van der Waals surface area contributed by atoms with Gasteiger partial charge < -0.3 is 10.1 Å². The van der Waals surface area contributed by atoms with Crippen LogP contribution in [0.1, 0.15) is 26.5 Å². The van der Waals surface area contributed by atoms with Gasteiger partial charge in [-0.05, 0) is 13.8 Å². The normalized spacial score (nSPS) is 13.8. The van der Waals surface area contributed by atoms with Crippen LogP contribution in [0, 0.1) is 5.92 Å². The van der Waals surface area contributed by atoms with Crippen LogP contribution in [0.3, 0.4) is 0 Å². The Hall–Kier alpha value is -1.89. The van der Waals surface area contributed by atoms with Crippen LogP contribution in [0.2, 0.25) is 0 Å². The second kappa shape index (κ2) is 7.21. The van der Waals surface area contributed by atoms with Gasteiger partial charge in [0.15, 0.2) is 0 Å². The average Bonchev–Trinajstić information content (AvgIpc) is 2.46. The zero-order valence-corrected chi connectivity index (χ0v) is 13.2. The van der Waals surface area contributed by atoms with Crippen molar-refractivity contribution in [1.29, 1.82) is 0 Å². The van der Waals surface area contributed by atoms with Gasteiger partial charge in [0.25, 0.3) is 5.56 Å². The monoisotopic (exact) mass is 297 g/mol. The highest BCUT2D eigenvalue weighted by Gasteiger charge is 2.21. The highest BCUT2D eigenvalue weighted by Crippen LogP contribution is 2.06. The van der Waals surface area contributed by atoms with E-state index in [1.807, 2.05) is 6.92 Å². The number of hydrogen-bond acceptors (Lipinski definition) is 5. The van der Waals surface area contributed by atoms with E-state index in [4.69, 9.17) is 4.74 Å². The number of ether oxygens (including phenoxy) is 1. The van der Waals surface area contributed by atoms with Crippen molar-refractivity contribution in [1.82, 2.24) is 14.5 Å². The maximum atomic E-state index is 11.8. The van der Waals surface area contributed by atoms with Crippen molar-refractivity contribution in [2.45, 2.75) is 33.4 Å². The number of esters is 1. The molecule has 2 unspecified atom stereocenters. The fourth-order valence-corrected chi connectivity index (χ4v) is 1.87. The van der Waals surface area contributed by atoms with Crippen LogP contribution in [0.15, 0.2) is 15.7 Å². The lowest BCUT2D eigenvalue weighted by atomic mass is 10.0. The Labute approximate surface area is 123 Å². The van der Waals surface area contributed by atoms with E-state index >= 15 is 0 Å². The fourth-order valence-electron chi connectivity index (χ4n) is 1.87. The van der Waals surface area contributed by atoms with Crippen molar-refractivity contribution in [2.75, 3.05) is 6.61 Å². The van der Waals surface area contributed by atoms with Crippen LogP contribution in [0.4, 0.5) is 0 Å². The minimum atomic E-state index is -0.370. The molecule has 118 valence electrons. The quantitative estimate of drug-likeness (QED) is 0.733. The predicted octanol–water partition coefficient (Wildman–Crippen LogP) is -0.239. The lowest BCUT2D eigenvalue weighted by Crippen LogP contribution is -2.41. The molecule has 2 atom stereocenters. The van der Waals surface area contributed by atoms with Crippen molar-refractivity contribution in [2.24, 2.45) is 20.0 Å². The Balaban J connectivity index is 2.78.